The minimum absolute atomic E-state index is 0.175. The van der Waals surface area contributed by atoms with Crippen molar-refractivity contribution in [2.24, 2.45) is 5.16 Å². The molecule has 3 aromatic rings. The molecule has 4 heteroatoms. The average Bonchev–Trinajstić information content (AvgIpc) is 3.09. The van der Waals surface area contributed by atoms with E-state index in [4.69, 9.17) is 9.25 Å². The molecule has 0 fully saturated rings. The van der Waals surface area contributed by atoms with Gasteiger partial charge in [-0.05, 0) is 23.8 Å². The minimum Gasteiger partial charge on any atom is -0.422 e. The molecule has 0 saturated carbocycles. The van der Waals surface area contributed by atoms with E-state index in [9.17, 15) is 4.79 Å². The second kappa shape index (κ2) is 6.16. The van der Waals surface area contributed by atoms with Crippen LogP contribution in [0.3, 0.4) is 0 Å². The minimum atomic E-state index is -0.385. The lowest BCUT2D eigenvalue weighted by atomic mass is 10.0. The monoisotopic (exact) mass is 317 g/mol. The largest absolute Gasteiger partial charge is 0.422 e. The first-order valence-corrected chi connectivity index (χ1v) is 7.79. The SMILES string of the molecule is O=c1oc2ccccc2cc1C1=NO[C@@H](/C=C/c2ccccc2)C1. The quantitative estimate of drug-likeness (QED) is 0.686. The Kier molecular flexibility index (Phi) is 3.71. The highest BCUT2D eigenvalue weighted by Gasteiger charge is 2.23. The Balaban J connectivity index is 1.55. The predicted octanol–water partition coefficient (Wildman–Crippen LogP) is 4.00. The average molecular weight is 317 g/mol. The molecule has 1 aliphatic rings. The zero-order valence-corrected chi connectivity index (χ0v) is 12.9. The Hall–Kier alpha value is -3.14. The van der Waals surface area contributed by atoms with Gasteiger partial charge in [0.05, 0.1) is 11.3 Å². The Bertz CT molecular complexity index is 986. The van der Waals surface area contributed by atoms with E-state index in [1.54, 1.807) is 6.07 Å². The topological polar surface area (TPSA) is 51.8 Å². The van der Waals surface area contributed by atoms with Crippen molar-refractivity contribution >= 4 is 22.8 Å². The lowest BCUT2D eigenvalue weighted by Gasteiger charge is -2.02. The number of benzene rings is 2. The molecule has 1 aromatic heterocycles. The second-order valence-electron chi connectivity index (χ2n) is 5.64. The van der Waals surface area contributed by atoms with Crippen LogP contribution in [0.15, 0.2) is 81.1 Å². The summed E-state index contributed by atoms with van der Waals surface area (Å²) >= 11 is 0. The first-order chi connectivity index (χ1) is 11.8. The number of fused-ring (bicyclic) bond motifs is 1. The van der Waals surface area contributed by atoms with E-state index in [2.05, 4.69) is 5.16 Å². The van der Waals surface area contributed by atoms with Crippen molar-refractivity contribution in [3.8, 4) is 0 Å². The van der Waals surface area contributed by atoms with Crippen LogP contribution in [0, 0.1) is 0 Å². The van der Waals surface area contributed by atoms with E-state index < -0.39 is 0 Å². The number of hydrogen-bond donors (Lipinski definition) is 0. The third kappa shape index (κ3) is 2.86. The van der Waals surface area contributed by atoms with Crippen LogP contribution in [0.4, 0.5) is 0 Å². The van der Waals surface area contributed by atoms with Crippen LogP contribution in [0.5, 0.6) is 0 Å². The number of oxime groups is 1. The molecule has 4 nitrogen and oxygen atoms in total. The smallest absolute Gasteiger partial charge is 0.345 e. The molecule has 4 rings (SSSR count). The number of para-hydroxylation sites is 1. The fourth-order valence-electron chi connectivity index (χ4n) is 2.70. The van der Waals surface area contributed by atoms with Crippen molar-refractivity contribution in [1.29, 1.82) is 0 Å². The summed E-state index contributed by atoms with van der Waals surface area (Å²) in [7, 11) is 0. The van der Waals surface area contributed by atoms with Crippen LogP contribution in [0.1, 0.15) is 17.5 Å². The van der Waals surface area contributed by atoms with Crippen molar-refractivity contribution < 1.29 is 9.25 Å². The van der Waals surface area contributed by atoms with Crippen LogP contribution < -0.4 is 5.63 Å². The maximum Gasteiger partial charge on any atom is 0.345 e. The van der Waals surface area contributed by atoms with E-state index in [0.717, 1.165) is 10.9 Å². The lowest BCUT2D eigenvalue weighted by Crippen LogP contribution is -2.14. The van der Waals surface area contributed by atoms with Gasteiger partial charge in [0, 0.05) is 11.8 Å². The van der Waals surface area contributed by atoms with Crippen molar-refractivity contribution in [3.05, 3.63) is 88.3 Å². The molecule has 2 heterocycles. The molecule has 0 saturated heterocycles. The fourth-order valence-corrected chi connectivity index (χ4v) is 2.70. The third-order valence-electron chi connectivity index (χ3n) is 3.95. The van der Waals surface area contributed by atoms with Crippen LogP contribution >= 0.6 is 0 Å². The van der Waals surface area contributed by atoms with Crippen molar-refractivity contribution in [2.75, 3.05) is 0 Å². The summed E-state index contributed by atoms with van der Waals surface area (Å²) in [6.07, 6.45) is 4.32. The molecule has 0 radical (unpaired) electrons. The molecular weight excluding hydrogens is 302 g/mol. The molecule has 0 bridgehead atoms. The van der Waals surface area contributed by atoms with E-state index in [-0.39, 0.29) is 11.7 Å². The van der Waals surface area contributed by atoms with Crippen LogP contribution in [0.25, 0.3) is 17.0 Å². The first kappa shape index (κ1) is 14.5. The summed E-state index contributed by atoms with van der Waals surface area (Å²) < 4.78 is 5.36. The molecule has 0 unspecified atom stereocenters. The summed E-state index contributed by atoms with van der Waals surface area (Å²) in [5.41, 5.74) is 2.37. The second-order valence-corrected chi connectivity index (χ2v) is 5.64. The van der Waals surface area contributed by atoms with Gasteiger partial charge >= 0.3 is 5.63 Å². The van der Waals surface area contributed by atoms with Crippen LogP contribution in [-0.2, 0) is 4.84 Å². The van der Waals surface area contributed by atoms with Gasteiger partial charge in [-0.2, -0.15) is 0 Å². The highest BCUT2D eigenvalue weighted by Crippen LogP contribution is 2.20. The van der Waals surface area contributed by atoms with E-state index in [1.165, 1.54) is 0 Å². The normalized spacial score (nSPS) is 17.2. The molecule has 0 spiro atoms. The van der Waals surface area contributed by atoms with Gasteiger partial charge in [-0.25, -0.2) is 4.79 Å². The Morgan fingerprint density at radius 1 is 1.04 bits per heavy atom. The summed E-state index contributed by atoms with van der Waals surface area (Å²) in [5.74, 6) is 0. The van der Waals surface area contributed by atoms with Crippen molar-refractivity contribution in [1.82, 2.24) is 0 Å². The Morgan fingerprint density at radius 2 is 1.83 bits per heavy atom. The van der Waals surface area contributed by atoms with Crippen LogP contribution in [0.2, 0.25) is 0 Å². The molecule has 0 N–H and O–H groups in total. The predicted molar refractivity (Wildman–Crippen MR) is 94.0 cm³/mol. The molecule has 0 aliphatic carbocycles. The highest BCUT2D eigenvalue weighted by molar-refractivity contribution is 6.02. The van der Waals surface area contributed by atoms with E-state index in [1.807, 2.05) is 66.7 Å². The van der Waals surface area contributed by atoms with Gasteiger partial charge in [0.15, 0.2) is 6.10 Å². The molecule has 1 aliphatic heterocycles. The van der Waals surface area contributed by atoms with Gasteiger partial charge in [0.25, 0.3) is 0 Å². The molecule has 2 aromatic carbocycles. The van der Waals surface area contributed by atoms with Crippen molar-refractivity contribution in [3.63, 3.8) is 0 Å². The Morgan fingerprint density at radius 3 is 2.71 bits per heavy atom. The summed E-state index contributed by atoms with van der Waals surface area (Å²) in [6.45, 7) is 0. The number of nitrogens with zero attached hydrogens (tertiary/aromatic N) is 1. The summed E-state index contributed by atoms with van der Waals surface area (Å²) in [4.78, 5) is 17.6. The molecule has 0 amide bonds. The van der Waals surface area contributed by atoms with E-state index >= 15 is 0 Å². The van der Waals surface area contributed by atoms with Gasteiger partial charge in [-0.1, -0.05) is 59.8 Å². The zero-order chi connectivity index (χ0) is 16.4. The summed E-state index contributed by atoms with van der Waals surface area (Å²) in [6, 6.07) is 19.2. The maximum absolute atomic E-state index is 12.2. The van der Waals surface area contributed by atoms with Gasteiger partial charge in [-0.15, -0.1) is 0 Å². The molecule has 1 atom stereocenters. The lowest BCUT2D eigenvalue weighted by molar-refractivity contribution is 0.120. The summed E-state index contributed by atoms with van der Waals surface area (Å²) in [5, 5.41) is 4.95. The third-order valence-corrected chi connectivity index (χ3v) is 3.95. The Labute approximate surface area is 138 Å². The van der Waals surface area contributed by atoms with Gasteiger partial charge in [0.1, 0.15) is 5.58 Å². The van der Waals surface area contributed by atoms with Gasteiger partial charge in [-0.3, -0.25) is 0 Å². The van der Waals surface area contributed by atoms with Crippen molar-refractivity contribution in [2.45, 2.75) is 12.5 Å². The van der Waals surface area contributed by atoms with Crippen LogP contribution in [-0.4, -0.2) is 11.8 Å². The first-order valence-electron chi connectivity index (χ1n) is 7.79. The standard InChI is InChI=1S/C20H15NO3/c22-20-17(12-15-8-4-5-9-19(15)23-20)18-13-16(24-21-18)11-10-14-6-2-1-3-7-14/h1-12,16H,13H2/b11-10+/t16-/m0/s1. The molecule has 24 heavy (non-hydrogen) atoms. The van der Waals surface area contributed by atoms with Gasteiger partial charge < -0.3 is 9.25 Å². The number of rotatable bonds is 3. The maximum atomic E-state index is 12.2. The molecular formula is C20H15NO3. The van der Waals surface area contributed by atoms with E-state index in [0.29, 0.717) is 23.3 Å². The molecule has 118 valence electrons. The van der Waals surface area contributed by atoms with Gasteiger partial charge in [0.2, 0.25) is 0 Å². The highest BCUT2D eigenvalue weighted by atomic mass is 16.6. The fraction of sp³-hybridized carbons (Fsp3) is 0.100. The number of hydrogen-bond acceptors (Lipinski definition) is 4. The zero-order valence-electron chi connectivity index (χ0n) is 12.9.